The number of amides is 1. The largest absolute Gasteiger partial charge is 0.364 e. The van der Waals surface area contributed by atoms with Crippen LogP contribution in [0.4, 0.5) is 8.78 Å². The van der Waals surface area contributed by atoms with Crippen LogP contribution in [0.5, 0.6) is 0 Å². The van der Waals surface area contributed by atoms with Gasteiger partial charge in [-0.15, -0.1) is 0 Å². The highest BCUT2D eigenvalue weighted by Crippen LogP contribution is 2.33. The van der Waals surface area contributed by atoms with Gasteiger partial charge in [-0.05, 0) is 27.7 Å². The van der Waals surface area contributed by atoms with Crippen LogP contribution in [0.3, 0.4) is 0 Å². The van der Waals surface area contributed by atoms with Crippen molar-refractivity contribution in [3.8, 4) is 0 Å². The Balaban J connectivity index is 2.36. The monoisotopic (exact) mass is 334 g/mol. The number of hydrazone groups is 1. The topological polar surface area (TPSA) is 70.7 Å². The fourth-order valence-corrected chi connectivity index (χ4v) is 2.58. The molecule has 0 aromatic carbocycles. The van der Waals surface area contributed by atoms with Crippen LogP contribution in [0, 0.1) is 13.8 Å². The Bertz CT molecular complexity index is 646. The molecule has 22 heavy (non-hydrogen) atoms. The van der Waals surface area contributed by atoms with Gasteiger partial charge in [0.25, 0.3) is 12.3 Å². The lowest BCUT2D eigenvalue weighted by Crippen LogP contribution is -2.53. The summed E-state index contributed by atoms with van der Waals surface area (Å²) in [6, 6.07) is -0.925. The Labute approximate surface area is 131 Å². The van der Waals surface area contributed by atoms with E-state index in [9.17, 15) is 18.7 Å². The van der Waals surface area contributed by atoms with Crippen LogP contribution >= 0.6 is 11.6 Å². The predicted octanol–water partition coefficient (Wildman–Crippen LogP) is 2.28. The summed E-state index contributed by atoms with van der Waals surface area (Å²) in [5, 5.41) is 18.8. The second kappa shape index (κ2) is 5.58. The number of aliphatic hydroxyl groups is 1. The Morgan fingerprint density at radius 2 is 2.00 bits per heavy atom. The number of carbonyl (C=O) groups is 1. The molecule has 1 aliphatic heterocycles. The van der Waals surface area contributed by atoms with Gasteiger partial charge in [0, 0.05) is 12.1 Å². The van der Waals surface area contributed by atoms with Gasteiger partial charge in [0.2, 0.25) is 5.72 Å². The molecule has 0 fully saturated rings. The van der Waals surface area contributed by atoms with Crippen LogP contribution in [0.15, 0.2) is 5.10 Å². The number of alkyl halides is 2. The van der Waals surface area contributed by atoms with E-state index in [1.165, 1.54) is 18.5 Å². The summed E-state index contributed by atoms with van der Waals surface area (Å²) in [6.45, 7) is 6.32. The van der Waals surface area contributed by atoms with Crippen LogP contribution in [0.25, 0.3) is 0 Å². The van der Waals surface area contributed by atoms with Gasteiger partial charge < -0.3 is 5.11 Å². The molecular formula is C13H17ClF2N4O2. The first-order valence-electron chi connectivity index (χ1n) is 6.69. The van der Waals surface area contributed by atoms with Crippen molar-refractivity contribution < 1.29 is 18.7 Å². The zero-order valence-corrected chi connectivity index (χ0v) is 13.4. The van der Waals surface area contributed by atoms with Crippen molar-refractivity contribution in [1.29, 1.82) is 0 Å². The Hall–Kier alpha value is -1.54. The van der Waals surface area contributed by atoms with Crippen molar-refractivity contribution >= 4 is 23.2 Å². The zero-order chi connectivity index (χ0) is 16.8. The molecule has 0 aliphatic carbocycles. The molecule has 0 saturated carbocycles. The average Bonchev–Trinajstić information content (AvgIpc) is 2.89. The Kier molecular flexibility index (Phi) is 4.27. The molecule has 1 amide bonds. The number of halogens is 3. The van der Waals surface area contributed by atoms with Gasteiger partial charge >= 0.3 is 0 Å². The first-order valence-corrected chi connectivity index (χ1v) is 7.07. The minimum Gasteiger partial charge on any atom is -0.364 e. The lowest BCUT2D eigenvalue weighted by Gasteiger charge is -2.31. The molecule has 0 saturated heterocycles. The first kappa shape index (κ1) is 16.8. The minimum absolute atomic E-state index is 0.259. The molecule has 2 heterocycles. The van der Waals surface area contributed by atoms with Gasteiger partial charge in [-0.1, -0.05) is 11.6 Å². The molecule has 1 N–H and O–H groups in total. The maximum Gasteiger partial charge on any atom is 0.287 e. The molecule has 1 aliphatic rings. The highest BCUT2D eigenvalue weighted by molar-refractivity contribution is 6.31. The van der Waals surface area contributed by atoms with Gasteiger partial charge in [-0.25, -0.2) is 8.78 Å². The summed E-state index contributed by atoms with van der Waals surface area (Å²) < 4.78 is 27.7. The third-order valence-corrected chi connectivity index (χ3v) is 4.22. The third-order valence-electron chi connectivity index (χ3n) is 3.67. The highest BCUT2D eigenvalue weighted by atomic mass is 35.5. The summed E-state index contributed by atoms with van der Waals surface area (Å²) in [4.78, 5) is 12.5. The molecule has 9 heteroatoms. The van der Waals surface area contributed by atoms with Crippen LogP contribution in [-0.2, 0) is 4.79 Å². The average molecular weight is 335 g/mol. The molecule has 6 nitrogen and oxygen atoms in total. The summed E-state index contributed by atoms with van der Waals surface area (Å²) in [5.41, 5.74) is -1.28. The molecule has 2 atom stereocenters. The van der Waals surface area contributed by atoms with E-state index in [0.717, 1.165) is 0 Å². The lowest BCUT2D eigenvalue weighted by molar-refractivity contribution is -0.194. The van der Waals surface area contributed by atoms with E-state index < -0.39 is 24.1 Å². The molecule has 0 bridgehead atoms. The summed E-state index contributed by atoms with van der Waals surface area (Å²) in [5.74, 6) is -0.776. The number of nitrogens with zero attached hydrogens (tertiary/aromatic N) is 4. The summed E-state index contributed by atoms with van der Waals surface area (Å²) >= 11 is 6.03. The number of aryl methyl sites for hydroxylation is 1. The van der Waals surface area contributed by atoms with E-state index in [-0.39, 0.29) is 12.1 Å². The third kappa shape index (κ3) is 2.50. The van der Waals surface area contributed by atoms with Gasteiger partial charge in [-0.2, -0.15) is 15.2 Å². The number of rotatable bonds is 3. The quantitative estimate of drug-likeness (QED) is 0.921. The van der Waals surface area contributed by atoms with E-state index in [2.05, 4.69) is 10.2 Å². The standard InChI is InChI=1S/C13H17ClF2N4O2/c1-6-5-13(22,12(15)16)20(17-6)11(21)9(4)19-8(3)10(14)7(2)18-19/h9,12,22H,5H2,1-4H3/t9-,13-/m1/s1. The molecule has 0 spiro atoms. The van der Waals surface area contributed by atoms with E-state index >= 15 is 0 Å². The number of carbonyl (C=O) groups excluding carboxylic acids is 1. The fourth-order valence-electron chi connectivity index (χ4n) is 2.46. The van der Waals surface area contributed by atoms with Crippen molar-refractivity contribution in [2.75, 3.05) is 0 Å². The van der Waals surface area contributed by atoms with Gasteiger partial charge in [-0.3, -0.25) is 9.48 Å². The fraction of sp³-hybridized carbons (Fsp3) is 0.615. The van der Waals surface area contributed by atoms with E-state index in [4.69, 9.17) is 11.6 Å². The van der Waals surface area contributed by atoms with E-state index in [0.29, 0.717) is 21.4 Å². The smallest absolute Gasteiger partial charge is 0.287 e. The van der Waals surface area contributed by atoms with Crippen molar-refractivity contribution in [1.82, 2.24) is 14.8 Å². The normalized spacial score (nSPS) is 23.1. The number of hydrogen-bond acceptors (Lipinski definition) is 4. The van der Waals surface area contributed by atoms with Crippen LogP contribution in [0.1, 0.15) is 37.7 Å². The van der Waals surface area contributed by atoms with Crippen molar-refractivity contribution in [3.05, 3.63) is 16.4 Å². The second-order valence-corrected chi connectivity index (χ2v) is 5.82. The molecule has 1 aromatic heterocycles. The minimum atomic E-state index is -3.13. The molecule has 0 unspecified atom stereocenters. The van der Waals surface area contributed by atoms with E-state index in [1.807, 2.05) is 0 Å². The Morgan fingerprint density at radius 1 is 1.41 bits per heavy atom. The second-order valence-electron chi connectivity index (χ2n) is 5.45. The van der Waals surface area contributed by atoms with Crippen LogP contribution in [-0.4, -0.2) is 43.7 Å². The van der Waals surface area contributed by atoms with Gasteiger partial charge in [0.1, 0.15) is 6.04 Å². The number of aromatic nitrogens is 2. The maximum atomic E-state index is 13.2. The zero-order valence-electron chi connectivity index (χ0n) is 12.6. The molecule has 0 radical (unpaired) electrons. The van der Waals surface area contributed by atoms with Crippen molar-refractivity contribution in [2.24, 2.45) is 5.10 Å². The van der Waals surface area contributed by atoms with Gasteiger partial charge in [0.05, 0.1) is 16.4 Å². The molecule has 1 aromatic rings. The van der Waals surface area contributed by atoms with Gasteiger partial charge in [0.15, 0.2) is 0 Å². The highest BCUT2D eigenvalue weighted by Gasteiger charge is 2.52. The first-order chi connectivity index (χ1) is 10.1. The van der Waals surface area contributed by atoms with E-state index in [1.54, 1.807) is 13.8 Å². The Morgan fingerprint density at radius 3 is 2.45 bits per heavy atom. The SMILES string of the molecule is CC1=NN(C(=O)[C@@H](C)n2nc(C)c(Cl)c2C)[C@](O)(C(F)F)C1. The molecule has 2 rings (SSSR count). The van der Waals surface area contributed by atoms with Crippen LogP contribution < -0.4 is 0 Å². The lowest BCUT2D eigenvalue weighted by atomic mass is 10.1. The van der Waals surface area contributed by atoms with Crippen molar-refractivity contribution in [2.45, 2.75) is 52.3 Å². The summed E-state index contributed by atoms with van der Waals surface area (Å²) in [7, 11) is 0. The van der Waals surface area contributed by atoms with Crippen LogP contribution in [0.2, 0.25) is 5.02 Å². The van der Waals surface area contributed by atoms with Crippen molar-refractivity contribution in [3.63, 3.8) is 0 Å². The number of hydrogen-bond donors (Lipinski definition) is 1. The summed E-state index contributed by atoms with van der Waals surface area (Å²) in [6.07, 6.45) is -3.52. The molecular weight excluding hydrogens is 318 g/mol. The molecule has 122 valence electrons. The maximum absolute atomic E-state index is 13.2. The predicted molar refractivity (Wildman–Crippen MR) is 76.9 cm³/mol.